The van der Waals surface area contributed by atoms with E-state index in [9.17, 15) is 4.39 Å². The van der Waals surface area contributed by atoms with Crippen molar-refractivity contribution in [2.75, 3.05) is 19.6 Å². The largest absolute Gasteiger partial charge is 0.324 e. The van der Waals surface area contributed by atoms with Gasteiger partial charge in [0.1, 0.15) is 6.17 Å². The fourth-order valence-electron chi connectivity index (χ4n) is 2.74. The van der Waals surface area contributed by atoms with Crippen LogP contribution in [0.25, 0.3) is 0 Å². The summed E-state index contributed by atoms with van der Waals surface area (Å²) < 4.78 is 12.9. The fraction of sp³-hybridized carbons (Fsp3) is 1.00. The standard InChI is InChI=1S/C11H21FN2/c12-10-3-7-14(8-4-10)9-11(13)5-1-2-6-11/h10H,1-9,13H2. The molecule has 1 aliphatic carbocycles. The van der Waals surface area contributed by atoms with E-state index < -0.39 is 6.17 Å². The Morgan fingerprint density at radius 1 is 1.21 bits per heavy atom. The van der Waals surface area contributed by atoms with E-state index in [1.165, 1.54) is 12.8 Å². The zero-order valence-electron chi connectivity index (χ0n) is 8.84. The zero-order chi connectivity index (χ0) is 10.0. The summed E-state index contributed by atoms with van der Waals surface area (Å²) in [5.41, 5.74) is 6.33. The van der Waals surface area contributed by atoms with Crippen LogP contribution in [0.3, 0.4) is 0 Å². The second-order valence-electron chi connectivity index (χ2n) is 5.02. The average molecular weight is 200 g/mol. The van der Waals surface area contributed by atoms with Crippen molar-refractivity contribution in [2.45, 2.75) is 50.2 Å². The average Bonchev–Trinajstić information content (AvgIpc) is 2.57. The monoisotopic (exact) mass is 200 g/mol. The summed E-state index contributed by atoms with van der Waals surface area (Å²) in [5, 5.41) is 0. The molecule has 3 heteroatoms. The van der Waals surface area contributed by atoms with Gasteiger partial charge in [0, 0.05) is 25.2 Å². The highest BCUT2D eigenvalue weighted by molar-refractivity contribution is 4.92. The molecule has 2 rings (SSSR count). The zero-order valence-corrected chi connectivity index (χ0v) is 8.84. The maximum Gasteiger partial charge on any atom is 0.103 e. The smallest absolute Gasteiger partial charge is 0.103 e. The highest BCUT2D eigenvalue weighted by atomic mass is 19.1. The first-order valence-electron chi connectivity index (χ1n) is 5.83. The maximum atomic E-state index is 12.9. The molecule has 2 N–H and O–H groups in total. The van der Waals surface area contributed by atoms with Gasteiger partial charge in [-0.15, -0.1) is 0 Å². The van der Waals surface area contributed by atoms with Gasteiger partial charge >= 0.3 is 0 Å². The number of alkyl halides is 1. The van der Waals surface area contributed by atoms with Crippen LogP contribution in [0.2, 0.25) is 0 Å². The van der Waals surface area contributed by atoms with Crippen LogP contribution in [-0.2, 0) is 0 Å². The lowest BCUT2D eigenvalue weighted by Crippen LogP contribution is -2.50. The molecule has 0 aromatic heterocycles. The number of rotatable bonds is 2. The van der Waals surface area contributed by atoms with E-state index in [0.29, 0.717) is 12.8 Å². The van der Waals surface area contributed by atoms with Gasteiger partial charge in [-0.1, -0.05) is 12.8 Å². The normalized spacial score (nSPS) is 29.6. The number of piperidine rings is 1. The number of halogens is 1. The minimum Gasteiger partial charge on any atom is -0.324 e. The summed E-state index contributed by atoms with van der Waals surface area (Å²) in [6.07, 6.45) is 5.70. The molecule has 1 saturated heterocycles. The number of hydrogen-bond acceptors (Lipinski definition) is 2. The molecule has 0 spiro atoms. The van der Waals surface area contributed by atoms with Crippen molar-refractivity contribution in [1.82, 2.24) is 4.90 Å². The van der Waals surface area contributed by atoms with Crippen molar-refractivity contribution in [3.8, 4) is 0 Å². The Kier molecular flexibility index (Phi) is 3.07. The van der Waals surface area contributed by atoms with Gasteiger partial charge in [-0.2, -0.15) is 0 Å². The van der Waals surface area contributed by atoms with Gasteiger partial charge in [0.2, 0.25) is 0 Å². The molecular weight excluding hydrogens is 179 g/mol. The molecule has 2 fully saturated rings. The maximum absolute atomic E-state index is 12.9. The summed E-state index contributed by atoms with van der Waals surface area (Å²) in [6.45, 7) is 2.79. The molecule has 0 aromatic carbocycles. The Hall–Kier alpha value is -0.150. The Balaban J connectivity index is 1.79. The van der Waals surface area contributed by atoms with Crippen molar-refractivity contribution in [3.63, 3.8) is 0 Å². The van der Waals surface area contributed by atoms with E-state index >= 15 is 0 Å². The summed E-state index contributed by atoms with van der Waals surface area (Å²) in [6, 6.07) is 0. The SMILES string of the molecule is NC1(CN2CCC(F)CC2)CCCC1. The van der Waals surface area contributed by atoms with Crippen molar-refractivity contribution in [3.05, 3.63) is 0 Å². The lowest BCUT2D eigenvalue weighted by atomic mass is 9.97. The van der Waals surface area contributed by atoms with Crippen LogP contribution in [-0.4, -0.2) is 36.2 Å². The molecule has 0 amide bonds. The summed E-state index contributed by atoms with van der Waals surface area (Å²) in [5.74, 6) is 0. The van der Waals surface area contributed by atoms with Gasteiger partial charge in [-0.25, -0.2) is 4.39 Å². The minimum atomic E-state index is -0.566. The quantitative estimate of drug-likeness (QED) is 0.735. The molecule has 2 aliphatic rings. The van der Waals surface area contributed by atoms with Gasteiger partial charge in [0.05, 0.1) is 0 Å². The summed E-state index contributed by atoms with van der Waals surface area (Å²) >= 11 is 0. The van der Waals surface area contributed by atoms with Gasteiger partial charge < -0.3 is 10.6 Å². The lowest BCUT2D eigenvalue weighted by Gasteiger charge is -2.35. The highest BCUT2D eigenvalue weighted by Gasteiger charge is 2.32. The van der Waals surface area contributed by atoms with E-state index in [4.69, 9.17) is 5.73 Å². The first-order valence-corrected chi connectivity index (χ1v) is 5.83. The van der Waals surface area contributed by atoms with Crippen LogP contribution >= 0.6 is 0 Å². The fourth-order valence-corrected chi connectivity index (χ4v) is 2.74. The van der Waals surface area contributed by atoms with E-state index in [1.54, 1.807) is 0 Å². The molecule has 0 bridgehead atoms. The van der Waals surface area contributed by atoms with E-state index in [0.717, 1.165) is 32.5 Å². The highest BCUT2D eigenvalue weighted by Crippen LogP contribution is 2.28. The Labute approximate surface area is 85.6 Å². The van der Waals surface area contributed by atoms with Crippen LogP contribution in [0, 0.1) is 0 Å². The third kappa shape index (κ3) is 2.45. The van der Waals surface area contributed by atoms with Crippen molar-refractivity contribution >= 4 is 0 Å². The molecular formula is C11H21FN2. The molecule has 0 unspecified atom stereocenters. The van der Waals surface area contributed by atoms with Crippen molar-refractivity contribution < 1.29 is 4.39 Å². The topological polar surface area (TPSA) is 29.3 Å². The summed E-state index contributed by atoms with van der Waals surface area (Å²) in [7, 11) is 0. The molecule has 14 heavy (non-hydrogen) atoms. The molecule has 82 valence electrons. The Morgan fingerprint density at radius 3 is 2.36 bits per heavy atom. The first kappa shape index (κ1) is 10.4. The van der Waals surface area contributed by atoms with Crippen LogP contribution in [0.1, 0.15) is 38.5 Å². The van der Waals surface area contributed by atoms with E-state index in [2.05, 4.69) is 4.90 Å². The Bertz CT molecular complexity index is 182. The van der Waals surface area contributed by atoms with Crippen LogP contribution < -0.4 is 5.73 Å². The van der Waals surface area contributed by atoms with E-state index in [-0.39, 0.29) is 5.54 Å². The van der Waals surface area contributed by atoms with Gasteiger partial charge in [0.15, 0.2) is 0 Å². The molecule has 1 aliphatic heterocycles. The molecule has 1 heterocycles. The second-order valence-corrected chi connectivity index (χ2v) is 5.02. The number of hydrogen-bond donors (Lipinski definition) is 1. The Morgan fingerprint density at radius 2 is 1.79 bits per heavy atom. The second kappa shape index (κ2) is 4.15. The van der Waals surface area contributed by atoms with Gasteiger partial charge in [-0.3, -0.25) is 0 Å². The number of likely N-dealkylation sites (tertiary alicyclic amines) is 1. The molecule has 1 saturated carbocycles. The lowest BCUT2D eigenvalue weighted by molar-refractivity contribution is 0.126. The van der Waals surface area contributed by atoms with Crippen LogP contribution in [0.4, 0.5) is 4.39 Å². The third-order valence-corrected chi connectivity index (χ3v) is 3.65. The molecule has 2 nitrogen and oxygen atoms in total. The first-order chi connectivity index (χ1) is 6.68. The van der Waals surface area contributed by atoms with Crippen molar-refractivity contribution in [2.24, 2.45) is 5.73 Å². The van der Waals surface area contributed by atoms with Gasteiger partial charge in [-0.05, 0) is 25.7 Å². The molecule has 0 aromatic rings. The summed E-state index contributed by atoms with van der Waals surface area (Å²) in [4.78, 5) is 2.35. The molecule has 0 atom stereocenters. The number of nitrogens with zero attached hydrogens (tertiary/aromatic N) is 1. The number of nitrogens with two attached hydrogens (primary N) is 1. The van der Waals surface area contributed by atoms with Crippen LogP contribution in [0.5, 0.6) is 0 Å². The molecule has 0 radical (unpaired) electrons. The van der Waals surface area contributed by atoms with Crippen LogP contribution in [0.15, 0.2) is 0 Å². The minimum absolute atomic E-state index is 0.0448. The van der Waals surface area contributed by atoms with E-state index in [1.807, 2.05) is 0 Å². The predicted molar refractivity (Wildman–Crippen MR) is 56.0 cm³/mol. The van der Waals surface area contributed by atoms with Gasteiger partial charge in [0.25, 0.3) is 0 Å². The predicted octanol–water partition coefficient (Wildman–Crippen LogP) is 1.69. The van der Waals surface area contributed by atoms with Crippen molar-refractivity contribution in [1.29, 1.82) is 0 Å². The third-order valence-electron chi connectivity index (χ3n) is 3.65.